The van der Waals surface area contributed by atoms with Gasteiger partial charge in [-0.15, -0.1) is 0 Å². The third kappa shape index (κ3) is 4.61. The van der Waals surface area contributed by atoms with Crippen molar-refractivity contribution in [1.29, 1.82) is 0 Å². The van der Waals surface area contributed by atoms with Crippen LogP contribution in [0.1, 0.15) is 58.5 Å². The smallest absolute Gasteiger partial charge is 0.126 e. The Bertz CT molecular complexity index is 2420. The van der Waals surface area contributed by atoms with Gasteiger partial charge in [-0.05, 0) is 94.1 Å². The predicted octanol–water partition coefficient (Wildman–Crippen LogP) is 10.5. The van der Waals surface area contributed by atoms with Crippen LogP contribution >= 0.6 is 0 Å². The lowest BCUT2D eigenvalue weighted by Gasteiger charge is -2.34. The molecule has 50 heavy (non-hydrogen) atoms. The third-order valence-electron chi connectivity index (χ3n) is 11.0. The lowest BCUT2D eigenvalue weighted by Crippen LogP contribution is -2.28. The topological polar surface area (TPSA) is 43.3 Å². The normalized spacial score (nSPS) is 16.1. The molecule has 3 heteroatoms. The van der Waals surface area contributed by atoms with Crippen molar-refractivity contribution in [2.24, 2.45) is 16.6 Å². The van der Waals surface area contributed by atoms with Gasteiger partial charge in [0.15, 0.2) is 0 Å². The van der Waals surface area contributed by atoms with E-state index in [-0.39, 0.29) is 0 Å². The standard InChI is InChI=1S/C47H39N3/c1-31-26-40-41-29-36(47(35-17-7-4-8-18-35)42-22-11-9-20-38(42)39-21-10-12-23-43(39)47)24-25-44(41)50(45(40)27-32(31)2)37-19-13-16-34(28-37)46(48)49-30-33-14-5-3-6-15-33/h3-25,27-29,31H,26,30H2,1-2H3,(H2,48,49). The molecule has 0 radical (unpaired) electrons. The van der Waals surface area contributed by atoms with Crippen molar-refractivity contribution in [1.82, 2.24) is 4.57 Å². The van der Waals surface area contributed by atoms with Gasteiger partial charge in [0.25, 0.3) is 0 Å². The molecule has 2 N–H and O–H groups in total. The lowest BCUT2D eigenvalue weighted by molar-refractivity contribution is 0.672. The minimum atomic E-state index is -0.437. The van der Waals surface area contributed by atoms with Crippen molar-refractivity contribution in [2.75, 3.05) is 0 Å². The van der Waals surface area contributed by atoms with Gasteiger partial charge in [0.05, 0.1) is 17.5 Å². The van der Waals surface area contributed by atoms with E-state index in [1.807, 2.05) is 18.2 Å². The van der Waals surface area contributed by atoms with Gasteiger partial charge in [0, 0.05) is 22.3 Å². The molecule has 0 saturated heterocycles. The highest BCUT2D eigenvalue weighted by Crippen LogP contribution is 2.56. The SMILES string of the molecule is CC1=Cc2c(c3cc(C4(c5ccccc5)c5ccccc5-c5ccccc54)ccc3n2-c2cccc(C(N)=NCc3ccccc3)c2)CC1C. The number of allylic oxidation sites excluding steroid dienone is 1. The number of fused-ring (bicyclic) bond motifs is 6. The molecular formula is C47H39N3. The first kappa shape index (κ1) is 30.2. The molecule has 3 nitrogen and oxygen atoms in total. The minimum absolute atomic E-state index is 0.437. The quantitative estimate of drug-likeness (QED) is 0.142. The van der Waals surface area contributed by atoms with E-state index in [0.29, 0.717) is 18.3 Å². The maximum atomic E-state index is 6.62. The number of benzene rings is 6. The molecule has 1 heterocycles. The number of amidine groups is 1. The van der Waals surface area contributed by atoms with Crippen LogP contribution in [0, 0.1) is 5.92 Å². The monoisotopic (exact) mass is 645 g/mol. The molecule has 242 valence electrons. The second-order valence-corrected chi connectivity index (χ2v) is 13.9. The van der Waals surface area contributed by atoms with Crippen LogP contribution in [-0.2, 0) is 18.4 Å². The molecule has 0 spiro atoms. The Hall–Kier alpha value is -5.93. The van der Waals surface area contributed by atoms with Crippen LogP contribution in [-0.4, -0.2) is 10.4 Å². The molecule has 1 unspecified atom stereocenters. The summed E-state index contributed by atoms with van der Waals surface area (Å²) in [5.41, 5.74) is 22.5. The summed E-state index contributed by atoms with van der Waals surface area (Å²) in [6, 6.07) is 55.0. The summed E-state index contributed by atoms with van der Waals surface area (Å²) in [6.07, 6.45) is 3.40. The van der Waals surface area contributed by atoms with Gasteiger partial charge < -0.3 is 10.3 Å². The zero-order valence-corrected chi connectivity index (χ0v) is 28.5. The van der Waals surface area contributed by atoms with Gasteiger partial charge in [0.2, 0.25) is 0 Å². The summed E-state index contributed by atoms with van der Waals surface area (Å²) in [6.45, 7) is 5.17. The molecule has 6 aromatic carbocycles. The molecule has 0 fully saturated rings. The van der Waals surface area contributed by atoms with Gasteiger partial charge in [-0.2, -0.15) is 0 Å². The summed E-state index contributed by atoms with van der Waals surface area (Å²) >= 11 is 0. The van der Waals surface area contributed by atoms with E-state index in [0.717, 1.165) is 23.2 Å². The first-order chi connectivity index (χ1) is 24.5. The van der Waals surface area contributed by atoms with Crippen LogP contribution in [0.5, 0.6) is 0 Å². The van der Waals surface area contributed by atoms with Crippen LogP contribution in [0.3, 0.4) is 0 Å². The predicted molar refractivity (Wildman–Crippen MR) is 208 cm³/mol. The second-order valence-electron chi connectivity index (χ2n) is 13.9. The molecule has 0 bridgehead atoms. The average molecular weight is 646 g/mol. The fourth-order valence-corrected chi connectivity index (χ4v) is 8.45. The summed E-state index contributed by atoms with van der Waals surface area (Å²) in [5.74, 6) is 1.01. The molecule has 7 aromatic rings. The Kier molecular flexibility index (Phi) is 7.17. The van der Waals surface area contributed by atoms with Crippen molar-refractivity contribution in [2.45, 2.75) is 32.2 Å². The number of nitrogens with zero attached hydrogens (tertiary/aromatic N) is 2. The number of nitrogens with two attached hydrogens (primary N) is 1. The summed E-state index contributed by atoms with van der Waals surface area (Å²) in [7, 11) is 0. The van der Waals surface area contributed by atoms with Crippen molar-refractivity contribution in [3.05, 3.63) is 202 Å². The van der Waals surface area contributed by atoms with Gasteiger partial charge in [0.1, 0.15) is 5.84 Å². The van der Waals surface area contributed by atoms with Crippen molar-refractivity contribution < 1.29 is 0 Å². The van der Waals surface area contributed by atoms with Crippen molar-refractivity contribution in [3.8, 4) is 16.8 Å². The fourth-order valence-electron chi connectivity index (χ4n) is 8.45. The second kappa shape index (κ2) is 11.9. The molecule has 1 atom stereocenters. The maximum Gasteiger partial charge on any atom is 0.126 e. The average Bonchev–Trinajstić information content (AvgIpc) is 3.64. The number of rotatable bonds is 6. The van der Waals surface area contributed by atoms with Gasteiger partial charge in [-0.1, -0.05) is 140 Å². The van der Waals surface area contributed by atoms with Gasteiger partial charge in [-0.3, -0.25) is 4.99 Å². The zero-order chi connectivity index (χ0) is 33.8. The van der Waals surface area contributed by atoms with E-state index in [4.69, 9.17) is 10.7 Å². The maximum absolute atomic E-state index is 6.62. The Morgan fingerprint density at radius 3 is 2.10 bits per heavy atom. The summed E-state index contributed by atoms with van der Waals surface area (Å²) < 4.78 is 2.43. The van der Waals surface area contributed by atoms with Crippen LogP contribution < -0.4 is 5.73 Å². The molecule has 0 aliphatic heterocycles. The van der Waals surface area contributed by atoms with E-state index in [1.165, 1.54) is 61.1 Å². The fraction of sp³-hybridized carbons (Fsp3) is 0.128. The van der Waals surface area contributed by atoms with E-state index in [1.54, 1.807) is 0 Å². The van der Waals surface area contributed by atoms with Crippen molar-refractivity contribution in [3.63, 3.8) is 0 Å². The van der Waals surface area contributed by atoms with Crippen LogP contribution in [0.15, 0.2) is 162 Å². The Morgan fingerprint density at radius 1 is 0.720 bits per heavy atom. The lowest BCUT2D eigenvalue weighted by atomic mass is 9.67. The molecule has 2 aliphatic rings. The molecule has 2 aliphatic carbocycles. The number of aliphatic imine (C=N–C) groups is 1. The first-order valence-electron chi connectivity index (χ1n) is 17.6. The summed E-state index contributed by atoms with van der Waals surface area (Å²) in [5, 5.41) is 1.31. The Balaban J connectivity index is 1.26. The van der Waals surface area contributed by atoms with E-state index in [9.17, 15) is 0 Å². The molecule has 0 saturated carbocycles. The van der Waals surface area contributed by atoms with Crippen LogP contribution in [0.25, 0.3) is 33.8 Å². The highest BCUT2D eigenvalue weighted by molar-refractivity contribution is 5.99. The first-order valence-corrected chi connectivity index (χ1v) is 17.6. The van der Waals surface area contributed by atoms with E-state index in [2.05, 4.69) is 158 Å². The molecule has 0 amide bonds. The van der Waals surface area contributed by atoms with Crippen LogP contribution in [0.4, 0.5) is 0 Å². The minimum Gasteiger partial charge on any atom is -0.383 e. The Labute approximate surface area is 294 Å². The summed E-state index contributed by atoms with van der Waals surface area (Å²) in [4.78, 5) is 4.76. The van der Waals surface area contributed by atoms with E-state index < -0.39 is 5.41 Å². The largest absolute Gasteiger partial charge is 0.383 e. The highest BCUT2D eigenvalue weighted by atomic mass is 15.0. The van der Waals surface area contributed by atoms with Gasteiger partial charge >= 0.3 is 0 Å². The van der Waals surface area contributed by atoms with Crippen molar-refractivity contribution >= 4 is 22.8 Å². The number of hydrogen-bond donors (Lipinski definition) is 1. The zero-order valence-electron chi connectivity index (χ0n) is 28.5. The molecule has 9 rings (SSSR count). The highest BCUT2D eigenvalue weighted by Gasteiger charge is 2.46. The molecular weight excluding hydrogens is 607 g/mol. The Morgan fingerprint density at radius 2 is 1.38 bits per heavy atom. The van der Waals surface area contributed by atoms with E-state index >= 15 is 0 Å². The number of aromatic nitrogens is 1. The number of hydrogen-bond acceptors (Lipinski definition) is 1. The van der Waals surface area contributed by atoms with Crippen LogP contribution in [0.2, 0.25) is 0 Å². The van der Waals surface area contributed by atoms with Gasteiger partial charge in [-0.25, -0.2) is 0 Å². The molecule has 1 aromatic heterocycles. The third-order valence-corrected chi connectivity index (χ3v) is 11.0.